The number of carboxylic acids is 1. The molecule has 2 amide bonds. The molecule has 21 heavy (non-hydrogen) atoms. The first-order chi connectivity index (χ1) is 10.1. The van der Waals surface area contributed by atoms with Crippen LogP contribution in [0.25, 0.3) is 0 Å². The number of benzene rings is 1. The molecule has 2 aromatic rings. The van der Waals surface area contributed by atoms with Crippen LogP contribution in [0.2, 0.25) is 0 Å². The summed E-state index contributed by atoms with van der Waals surface area (Å²) in [5.74, 6) is -0.561. The minimum atomic E-state index is -1.08. The number of aromatic nitrogens is 3. The van der Waals surface area contributed by atoms with E-state index in [1.807, 2.05) is 0 Å². The molecule has 2 N–H and O–H groups in total. The molecule has 0 aliphatic rings. The predicted molar refractivity (Wildman–Crippen MR) is 74.7 cm³/mol. The second-order valence-electron chi connectivity index (χ2n) is 4.39. The number of aliphatic carboxylic acids is 1. The number of hydrogen-bond acceptors (Lipinski definition) is 4. The summed E-state index contributed by atoms with van der Waals surface area (Å²) in [6, 6.07) is 8.22. The van der Waals surface area contributed by atoms with Gasteiger partial charge in [-0.25, -0.2) is 9.78 Å². The van der Waals surface area contributed by atoms with Gasteiger partial charge in [0.15, 0.2) is 0 Å². The van der Waals surface area contributed by atoms with E-state index in [-0.39, 0.29) is 6.54 Å². The molecule has 2 rings (SSSR count). The maximum atomic E-state index is 12.4. The van der Waals surface area contributed by atoms with Crippen LogP contribution in [-0.4, -0.2) is 50.8 Å². The van der Waals surface area contributed by atoms with Gasteiger partial charge in [-0.1, -0.05) is 18.2 Å². The summed E-state index contributed by atoms with van der Waals surface area (Å²) in [4.78, 5) is 29.9. The zero-order chi connectivity index (χ0) is 15.2. The van der Waals surface area contributed by atoms with Crippen molar-refractivity contribution in [2.75, 3.05) is 18.5 Å². The summed E-state index contributed by atoms with van der Waals surface area (Å²) in [6.07, 6.45) is 1.35. The van der Waals surface area contributed by atoms with E-state index >= 15 is 0 Å². The second-order valence-corrected chi connectivity index (χ2v) is 4.39. The number of carbonyl (C=O) groups excluding carboxylic acids is 1. The Labute approximate surface area is 121 Å². The average Bonchev–Trinajstić information content (AvgIpc) is 2.97. The van der Waals surface area contributed by atoms with Crippen molar-refractivity contribution in [3.8, 4) is 0 Å². The van der Waals surface area contributed by atoms with E-state index in [2.05, 4.69) is 15.2 Å². The van der Waals surface area contributed by atoms with Gasteiger partial charge in [0.1, 0.15) is 18.7 Å². The molecule has 0 radical (unpaired) electrons. The Morgan fingerprint density at radius 3 is 2.57 bits per heavy atom. The number of nitrogens with one attached hydrogen (secondary N) is 1. The first kappa shape index (κ1) is 14.5. The maximum Gasteiger partial charge on any atom is 0.325 e. The summed E-state index contributed by atoms with van der Waals surface area (Å²) in [5.41, 5.74) is 0.523. The van der Waals surface area contributed by atoms with Gasteiger partial charge in [-0.15, -0.1) is 0 Å². The molecule has 0 aliphatic heterocycles. The molecule has 0 spiro atoms. The van der Waals surface area contributed by atoms with Gasteiger partial charge in [-0.2, -0.15) is 5.10 Å². The number of urea groups is 1. The van der Waals surface area contributed by atoms with Crippen LogP contribution in [0.1, 0.15) is 5.82 Å². The number of H-pyrrole nitrogens is 1. The van der Waals surface area contributed by atoms with E-state index in [9.17, 15) is 9.59 Å². The van der Waals surface area contributed by atoms with Crippen molar-refractivity contribution in [3.05, 3.63) is 42.5 Å². The third kappa shape index (κ3) is 3.78. The van der Waals surface area contributed by atoms with E-state index in [1.54, 1.807) is 37.4 Å². The fourth-order valence-electron chi connectivity index (χ4n) is 1.82. The normalized spacial score (nSPS) is 10.1. The van der Waals surface area contributed by atoms with Crippen molar-refractivity contribution < 1.29 is 14.7 Å². The second kappa shape index (κ2) is 6.51. The summed E-state index contributed by atoms with van der Waals surface area (Å²) in [7, 11) is 1.57. The molecular weight excluding hydrogens is 274 g/mol. The highest BCUT2D eigenvalue weighted by Crippen LogP contribution is 2.15. The molecule has 0 unspecified atom stereocenters. The lowest BCUT2D eigenvalue weighted by Crippen LogP contribution is -2.43. The standard InChI is InChI=1S/C13H15N5O3/c1-17(7-11-14-9-15-16-11)13(21)18(8-12(19)20)10-5-3-2-4-6-10/h2-6,9H,7-8H2,1H3,(H,19,20)(H,14,15,16). The van der Waals surface area contributed by atoms with Gasteiger partial charge in [-0.05, 0) is 12.1 Å². The first-order valence-electron chi connectivity index (χ1n) is 6.21. The van der Waals surface area contributed by atoms with Crippen LogP contribution in [0.15, 0.2) is 36.7 Å². The van der Waals surface area contributed by atoms with Crippen molar-refractivity contribution in [1.29, 1.82) is 0 Å². The molecule has 0 saturated carbocycles. The lowest BCUT2D eigenvalue weighted by atomic mass is 10.3. The molecule has 8 nitrogen and oxygen atoms in total. The van der Waals surface area contributed by atoms with Gasteiger partial charge in [0.25, 0.3) is 0 Å². The third-order valence-corrected chi connectivity index (χ3v) is 2.77. The Bertz CT molecular complexity index is 600. The minimum Gasteiger partial charge on any atom is -0.480 e. The van der Waals surface area contributed by atoms with Crippen LogP contribution in [0.3, 0.4) is 0 Å². The van der Waals surface area contributed by atoms with Crippen LogP contribution < -0.4 is 4.90 Å². The number of aromatic amines is 1. The Kier molecular flexibility index (Phi) is 4.50. The lowest BCUT2D eigenvalue weighted by Gasteiger charge is -2.26. The average molecular weight is 289 g/mol. The van der Waals surface area contributed by atoms with E-state index in [0.29, 0.717) is 11.5 Å². The monoisotopic (exact) mass is 289 g/mol. The predicted octanol–water partition coefficient (Wildman–Crippen LogP) is 0.948. The molecule has 1 aromatic heterocycles. The molecule has 0 saturated heterocycles. The van der Waals surface area contributed by atoms with E-state index in [1.165, 1.54) is 16.1 Å². The van der Waals surface area contributed by atoms with Crippen LogP contribution >= 0.6 is 0 Å². The Hall–Kier alpha value is -2.90. The number of para-hydroxylation sites is 1. The van der Waals surface area contributed by atoms with Crippen molar-refractivity contribution in [3.63, 3.8) is 0 Å². The van der Waals surface area contributed by atoms with Crippen molar-refractivity contribution >= 4 is 17.7 Å². The van der Waals surface area contributed by atoms with Crippen LogP contribution in [0.4, 0.5) is 10.5 Å². The fourth-order valence-corrected chi connectivity index (χ4v) is 1.82. The largest absolute Gasteiger partial charge is 0.480 e. The topological polar surface area (TPSA) is 102 Å². The lowest BCUT2D eigenvalue weighted by molar-refractivity contribution is -0.135. The Balaban J connectivity index is 2.16. The number of anilines is 1. The van der Waals surface area contributed by atoms with Crippen LogP contribution in [0.5, 0.6) is 0 Å². The van der Waals surface area contributed by atoms with Gasteiger partial charge >= 0.3 is 12.0 Å². The zero-order valence-electron chi connectivity index (χ0n) is 11.4. The van der Waals surface area contributed by atoms with Crippen LogP contribution in [0, 0.1) is 0 Å². The first-order valence-corrected chi connectivity index (χ1v) is 6.21. The summed E-state index contributed by atoms with van der Waals surface area (Å²) in [5, 5.41) is 15.3. The molecule has 0 bridgehead atoms. The summed E-state index contributed by atoms with van der Waals surface area (Å²) >= 11 is 0. The number of nitrogens with zero attached hydrogens (tertiary/aromatic N) is 4. The van der Waals surface area contributed by atoms with Crippen molar-refractivity contribution in [2.24, 2.45) is 0 Å². The number of carbonyl (C=O) groups is 2. The molecule has 0 fully saturated rings. The van der Waals surface area contributed by atoms with Crippen LogP contribution in [-0.2, 0) is 11.3 Å². The third-order valence-electron chi connectivity index (χ3n) is 2.77. The molecular formula is C13H15N5O3. The highest BCUT2D eigenvalue weighted by Gasteiger charge is 2.22. The summed E-state index contributed by atoms with van der Waals surface area (Å²) in [6.45, 7) is -0.203. The quantitative estimate of drug-likeness (QED) is 0.853. The molecule has 0 atom stereocenters. The SMILES string of the molecule is CN(Cc1ncn[nH]1)C(=O)N(CC(=O)O)c1ccccc1. The number of amides is 2. The number of hydrogen-bond donors (Lipinski definition) is 2. The molecule has 1 aromatic carbocycles. The number of carboxylic acid groups (broad SMARTS) is 1. The van der Waals surface area contributed by atoms with Gasteiger partial charge in [-0.3, -0.25) is 14.8 Å². The minimum absolute atomic E-state index is 0.210. The van der Waals surface area contributed by atoms with Gasteiger partial charge in [0.2, 0.25) is 0 Å². The number of rotatable bonds is 5. The molecule has 8 heteroatoms. The van der Waals surface area contributed by atoms with E-state index in [0.717, 1.165) is 0 Å². The summed E-state index contributed by atoms with van der Waals surface area (Å²) < 4.78 is 0. The smallest absolute Gasteiger partial charge is 0.325 e. The molecule has 110 valence electrons. The van der Waals surface area contributed by atoms with Gasteiger partial charge < -0.3 is 10.0 Å². The maximum absolute atomic E-state index is 12.4. The van der Waals surface area contributed by atoms with E-state index < -0.39 is 18.5 Å². The fraction of sp³-hybridized carbons (Fsp3) is 0.231. The highest BCUT2D eigenvalue weighted by atomic mass is 16.4. The molecule has 0 aliphatic carbocycles. The van der Waals surface area contributed by atoms with Crippen molar-refractivity contribution in [2.45, 2.75) is 6.54 Å². The Morgan fingerprint density at radius 1 is 1.29 bits per heavy atom. The molecule has 1 heterocycles. The van der Waals surface area contributed by atoms with Crippen molar-refractivity contribution in [1.82, 2.24) is 20.1 Å². The highest BCUT2D eigenvalue weighted by molar-refractivity contribution is 5.96. The van der Waals surface area contributed by atoms with E-state index in [4.69, 9.17) is 5.11 Å². The Morgan fingerprint density at radius 2 is 2.00 bits per heavy atom. The van der Waals surface area contributed by atoms with Gasteiger partial charge in [0.05, 0.1) is 6.54 Å². The van der Waals surface area contributed by atoms with Gasteiger partial charge in [0, 0.05) is 12.7 Å². The zero-order valence-corrected chi connectivity index (χ0v) is 11.4.